The van der Waals surface area contributed by atoms with Gasteiger partial charge in [0.1, 0.15) is 5.17 Å². The Kier molecular flexibility index (Phi) is 5.12. The van der Waals surface area contributed by atoms with Crippen LogP contribution in [-0.4, -0.2) is 5.17 Å². The van der Waals surface area contributed by atoms with Crippen LogP contribution in [0.15, 0.2) is 83.9 Å². The van der Waals surface area contributed by atoms with Gasteiger partial charge in [-0.15, -0.1) is 0 Å². The van der Waals surface area contributed by atoms with Crippen LogP contribution in [-0.2, 0) is 6.54 Å². The summed E-state index contributed by atoms with van der Waals surface area (Å²) in [6.45, 7) is 0.534. The van der Waals surface area contributed by atoms with Crippen molar-refractivity contribution in [3.63, 3.8) is 0 Å². The van der Waals surface area contributed by atoms with Crippen molar-refractivity contribution in [2.75, 3.05) is 0 Å². The Hall–Kier alpha value is -2.09. The Morgan fingerprint density at radius 1 is 0.783 bits per heavy atom. The summed E-state index contributed by atoms with van der Waals surface area (Å²) in [5.41, 5.74) is 4.32. The van der Waals surface area contributed by atoms with Crippen LogP contribution in [0.1, 0.15) is 11.1 Å². The lowest BCUT2D eigenvalue weighted by molar-refractivity contribution is 1.08. The standard InChI is InChI=1S/C20H15Cl2N/c21-18-12-10-15(11-13-18)19-9-5-4-8-17(19)14-23-20(22)16-6-2-1-3-7-16/h1-13H,14H2. The highest BCUT2D eigenvalue weighted by Gasteiger charge is 2.05. The molecule has 0 spiro atoms. The topological polar surface area (TPSA) is 12.4 Å². The van der Waals surface area contributed by atoms with E-state index < -0.39 is 0 Å². The van der Waals surface area contributed by atoms with Crippen molar-refractivity contribution in [3.05, 3.63) is 95.0 Å². The first kappa shape index (κ1) is 15.8. The van der Waals surface area contributed by atoms with E-state index in [0.29, 0.717) is 11.7 Å². The van der Waals surface area contributed by atoms with Crippen LogP contribution in [0.4, 0.5) is 0 Å². The number of hydrogen-bond acceptors (Lipinski definition) is 1. The minimum Gasteiger partial charge on any atom is -0.268 e. The van der Waals surface area contributed by atoms with Crippen molar-refractivity contribution in [1.82, 2.24) is 0 Å². The lowest BCUT2D eigenvalue weighted by Gasteiger charge is -2.08. The van der Waals surface area contributed by atoms with Crippen molar-refractivity contribution in [2.45, 2.75) is 6.54 Å². The average Bonchev–Trinajstić information content (AvgIpc) is 2.61. The normalized spacial score (nSPS) is 11.5. The van der Waals surface area contributed by atoms with Gasteiger partial charge in [0.2, 0.25) is 0 Å². The molecule has 114 valence electrons. The van der Waals surface area contributed by atoms with Gasteiger partial charge in [-0.25, -0.2) is 0 Å². The summed E-state index contributed by atoms with van der Waals surface area (Å²) >= 11 is 12.3. The molecule has 0 amide bonds. The largest absolute Gasteiger partial charge is 0.268 e. The van der Waals surface area contributed by atoms with Crippen LogP contribution < -0.4 is 0 Å². The molecule has 3 aromatic carbocycles. The fourth-order valence-corrected chi connectivity index (χ4v) is 2.70. The summed E-state index contributed by atoms with van der Waals surface area (Å²) in [7, 11) is 0. The van der Waals surface area contributed by atoms with Gasteiger partial charge in [-0.3, -0.25) is 4.99 Å². The molecule has 0 saturated heterocycles. The summed E-state index contributed by atoms with van der Waals surface area (Å²) in [5.74, 6) is 0. The number of halogens is 2. The Morgan fingerprint density at radius 2 is 1.43 bits per heavy atom. The summed E-state index contributed by atoms with van der Waals surface area (Å²) in [4.78, 5) is 4.52. The molecule has 3 rings (SSSR count). The van der Waals surface area contributed by atoms with E-state index in [0.717, 1.165) is 27.3 Å². The Balaban J connectivity index is 1.88. The van der Waals surface area contributed by atoms with Crippen molar-refractivity contribution in [1.29, 1.82) is 0 Å². The van der Waals surface area contributed by atoms with Crippen LogP contribution in [0.2, 0.25) is 5.02 Å². The molecule has 0 unspecified atom stereocenters. The van der Waals surface area contributed by atoms with Gasteiger partial charge < -0.3 is 0 Å². The maximum atomic E-state index is 6.31. The maximum absolute atomic E-state index is 6.31. The van der Waals surface area contributed by atoms with E-state index in [2.05, 4.69) is 17.1 Å². The average molecular weight is 340 g/mol. The highest BCUT2D eigenvalue weighted by Crippen LogP contribution is 2.26. The first-order valence-corrected chi connectivity index (χ1v) is 8.09. The Bertz CT molecular complexity index is 809. The van der Waals surface area contributed by atoms with E-state index in [1.54, 1.807) is 0 Å². The molecular formula is C20H15Cl2N. The molecule has 0 atom stereocenters. The lowest BCUT2D eigenvalue weighted by atomic mass is 10.00. The van der Waals surface area contributed by atoms with Crippen molar-refractivity contribution < 1.29 is 0 Å². The second kappa shape index (κ2) is 7.45. The second-order valence-corrected chi connectivity index (χ2v) is 5.93. The molecule has 0 fully saturated rings. The van der Waals surface area contributed by atoms with Crippen LogP contribution in [0, 0.1) is 0 Å². The maximum Gasteiger partial charge on any atom is 0.131 e. The van der Waals surface area contributed by atoms with Gasteiger partial charge in [0.05, 0.1) is 6.54 Å². The molecule has 0 bridgehead atoms. The van der Waals surface area contributed by atoms with Gasteiger partial charge in [0.15, 0.2) is 0 Å². The van der Waals surface area contributed by atoms with Gasteiger partial charge in [-0.05, 0) is 28.8 Å². The summed E-state index contributed by atoms with van der Waals surface area (Å²) in [6, 6.07) is 25.8. The van der Waals surface area contributed by atoms with Gasteiger partial charge >= 0.3 is 0 Å². The van der Waals surface area contributed by atoms with Crippen molar-refractivity contribution >= 4 is 28.4 Å². The van der Waals surface area contributed by atoms with Crippen LogP contribution in [0.5, 0.6) is 0 Å². The van der Waals surface area contributed by atoms with Crippen molar-refractivity contribution in [2.24, 2.45) is 4.99 Å². The van der Waals surface area contributed by atoms with E-state index in [4.69, 9.17) is 23.2 Å². The monoisotopic (exact) mass is 339 g/mol. The van der Waals surface area contributed by atoms with E-state index in [1.165, 1.54) is 0 Å². The number of benzene rings is 3. The molecular weight excluding hydrogens is 325 g/mol. The number of rotatable bonds is 4. The van der Waals surface area contributed by atoms with E-state index >= 15 is 0 Å². The van der Waals surface area contributed by atoms with E-state index in [-0.39, 0.29) is 0 Å². The Morgan fingerprint density at radius 3 is 2.17 bits per heavy atom. The zero-order valence-electron chi connectivity index (χ0n) is 12.4. The molecule has 0 radical (unpaired) electrons. The third-order valence-electron chi connectivity index (χ3n) is 3.57. The molecule has 0 aliphatic carbocycles. The molecule has 23 heavy (non-hydrogen) atoms. The number of hydrogen-bond donors (Lipinski definition) is 0. The van der Waals surface area contributed by atoms with Gasteiger partial charge in [-0.1, -0.05) is 89.9 Å². The minimum atomic E-state index is 0.525. The van der Waals surface area contributed by atoms with Crippen LogP contribution in [0.25, 0.3) is 11.1 Å². The van der Waals surface area contributed by atoms with Crippen molar-refractivity contribution in [3.8, 4) is 11.1 Å². The second-order valence-electron chi connectivity index (χ2n) is 5.14. The smallest absolute Gasteiger partial charge is 0.131 e. The molecule has 0 aliphatic rings. The summed E-state index contributed by atoms with van der Waals surface area (Å²) in [5, 5.41) is 1.26. The number of nitrogens with zero attached hydrogens (tertiary/aromatic N) is 1. The van der Waals surface area contributed by atoms with E-state index in [9.17, 15) is 0 Å². The SMILES string of the molecule is ClC(=NCc1ccccc1-c1ccc(Cl)cc1)c1ccccc1. The molecule has 0 N–H and O–H groups in total. The molecule has 0 aliphatic heterocycles. The minimum absolute atomic E-state index is 0.525. The Labute approximate surface area is 146 Å². The molecule has 1 nitrogen and oxygen atoms in total. The highest BCUT2D eigenvalue weighted by atomic mass is 35.5. The third-order valence-corrected chi connectivity index (χ3v) is 4.16. The molecule has 3 heteroatoms. The molecule has 0 heterocycles. The molecule has 0 saturated carbocycles. The van der Waals surface area contributed by atoms with Gasteiger partial charge in [-0.2, -0.15) is 0 Å². The zero-order valence-corrected chi connectivity index (χ0v) is 13.9. The zero-order chi connectivity index (χ0) is 16.1. The van der Waals surface area contributed by atoms with Gasteiger partial charge in [0, 0.05) is 10.6 Å². The molecule has 0 aromatic heterocycles. The summed E-state index contributed by atoms with van der Waals surface area (Å²) in [6.07, 6.45) is 0. The first-order valence-electron chi connectivity index (χ1n) is 7.33. The number of aliphatic imine (C=N–C) groups is 1. The summed E-state index contributed by atoms with van der Waals surface area (Å²) < 4.78 is 0. The van der Waals surface area contributed by atoms with E-state index in [1.807, 2.05) is 66.7 Å². The van der Waals surface area contributed by atoms with Crippen LogP contribution >= 0.6 is 23.2 Å². The predicted molar refractivity (Wildman–Crippen MR) is 99.4 cm³/mol. The first-order chi connectivity index (χ1) is 11.2. The highest BCUT2D eigenvalue weighted by molar-refractivity contribution is 6.69. The third kappa shape index (κ3) is 4.01. The quantitative estimate of drug-likeness (QED) is 0.502. The predicted octanol–water partition coefficient (Wildman–Crippen LogP) is 6.19. The van der Waals surface area contributed by atoms with Gasteiger partial charge in [0.25, 0.3) is 0 Å². The van der Waals surface area contributed by atoms with Crippen LogP contribution in [0.3, 0.4) is 0 Å². The fourth-order valence-electron chi connectivity index (χ4n) is 2.39. The molecule has 3 aromatic rings. The lowest BCUT2D eigenvalue weighted by Crippen LogP contribution is -1.94. The fraction of sp³-hybridized carbons (Fsp3) is 0.0500.